The van der Waals surface area contributed by atoms with Gasteiger partial charge >= 0.3 is 0 Å². The Morgan fingerprint density at radius 2 is 1.12 bits per heavy atom. The van der Waals surface area contributed by atoms with Gasteiger partial charge in [0, 0.05) is 0 Å². The maximum absolute atomic E-state index is 2.33. The molecule has 3 unspecified atom stereocenters. The van der Waals surface area contributed by atoms with E-state index in [1.54, 1.807) is 16.5 Å². The summed E-state index contributed by atoms with van der Waals surface area (Å²) in [4.78, 5) is 0. The first-order valence-electron chi connectivity index (χ1n) is 13.3. The Hall–Kier alpha value is -2.08. The topological polar surface area (TPSA) is 0 Å². The fraction of sp³-hybridized carbons (Fsp3) is 0.500. The smallest absolute Gasteiger partial charge is 0.00893 e. The Balaban J connectivity index is 0.000000287. The molecular formula is C32H48. The maximum atomic E-state index is 2.33. The predicted molar refractivity (Wildman–Crippen MR) is 147 cm³/mol. The monoisotopic (exact) mass is 432 g/mol. The van der Waals surface area contributed by atoms with Gasteiger partial charge in [-0.1, -0.05) is 129 Å². The van der Waals surface area contributed by atoms with E-state index in [0.717, 1.165) is 17.8 Å². The van der Waals surface area contributed by atoms with Crippen molar-refractivity contribution in [2.24, 2.45) is 0 Å². The highest BCUT2D eigenvalue weighted by Gasteiger charge is 2.31. The fourth-order valence-electron chi connectivity index (χ4n) is 5.14. The molecule has 0 amide bonds. The van der Waals surface area contributed by atoms with Crippen LogP contribution in [0.15, 0.2) is 66.7 Å². The van der Waals surface area contributed by atoms with Gasteiger partial charge in [0.1, 0.15) is 0 Å². The zero-order chi connectivity index (χ0) is 23.9. The van der Waals surface area contributed by atoms with Gasteiger partial charge in [0.05, 0.1) is 0 Å². The lowest BCUT2D eigenvalue weighted by atomic mass is 9.86. The first-order chi connectivity index (χ1) is 15.7. The second kappa shape index (κ2) is 15.7. The van der Waals surface area contributed by atoms with Crippen LogP contribution in [0.4, 0.5) is 0 Å². The van der Waals surface area contributed by atoms with E-state index in [1.165, 1.54) is 43.1 Å². The van der Waals surface area contributed by atoms with Crippen molar-refractivity contribution in [2.75, 3.05) is 0 Å². The Morgan fingerprint density at radius 3 is 1.53 bits per heavy atom. The molecule has 0 nitrogen and oxygen atoms in total. The van der Waals surface area contributed by atoms with Crippen LogP contribution in [0.2, 0.25) is 0 Å². The van der Waals surface area contributed by atoms with Crippen LogP contribution in [0, 0.1) is 0 Å². The lowest BCUT2D eigenvalue weighted by Gasteiger charge is -2.18. The average molecular weight is 433 g/mol. The summed E-state index contributed by atoms with van der Waals surface area (Å²) in [5, 5.41) is 2.97. The van der Waals surface area contributed by atoms with Gasteiger partial charge in [-0.25, -0.2) is 0 Å². The average Bonchev–Trinajstić information content (AvgIpc) is 3.20. The highest BCUT2D eigenvalue weighted by atomic mass is 14.3. The summed E-state index contributed by atoms with van der Waals surface area (Å²) >= 11 is 0. The minimum absolute atomic E-state index is 0.742. The van der Waals surface area contributed by atoms with Gasteiger partial charge in [-0.05, 0) is 70.9 Å². The lowest BCUT2D eigenvalue weighted by molar-refractivity contribution is 0.532. The molecule has 1 aliphatic rings. The molecule has 0 saturated heterocycles. The standard InChI is InChI=1S/C16H18.C12H18.2C2H6/c1-3-12-13(4-2)15-10-6-8-11-7-5-9-14(12)16(11)15;1-3-8-11(4-2)12-9-6-5-7-10-12;2*1-2/h5-10,12-13H,3-4H2,1-2H3;5-7,9-11H,3-4,8H2,1-2H3;2*1-2H3. The van der Waals surface area contributed by atoms with Crippen molar-refractivity contribution in [2.45, 2.75) is 105 Å². The Kier molecular flexibility index (Phi) is 13.7. The molecule has 0 spiro atoms. The molecule has 32 heavy (non-hydrogen) atoms. The van der Waals surface area contributed by atoms with Crippen molar-refractivity contribution < 1.29 is 0 Å². The fourth-order valence-corrected chi connectivity index (χ4v) is 5.14. The van der Waals surface area contributed by atoms with E-state index in [1.807, 2.05) is 27.7 Å². The highest BCUT2D eigenvalue weighted by molar-refractivity contribution is 5.92. The molecule has 0 heteroatoms. The molecule has 3 atom stereocenters. The Bertz CT molecular complexity index is 817. The molecule has 0 aliphatic heterocycles. The van der Waals surface area contributed by atoms with Crippen molar-refractivity contribution >= 4 is 10.8 Å². The predicted octanol–water partition coefficient (Wildman–Crippen LogP) is 10.9. The molecule has 4 rings (SSSR count). The molecule has 0 radical (unpaired) electrons. The molecule has 0 fully saturated rings. The third-order valence-electron chi connectivity index (χ3n) is 6.53. The van der Waals surface area contributed by atoms with Crippen molar-refractivity contribution in [1.82, 2.24) is 0 Å². The van der Waals surface area contributed by atoms with Gasteiger partial charge < -0.3 is 0 Å². The van der Waals surface area contributed by atoms with Crippen LogP contribution >= 0.6 is 0 Å². The SMILES string of the molecule is CC.CC.CCC1c2cccc3cccc(c23)C1CC.CCCC(CC)c1ccccc1. The molecule has 176 valence electrons. The molecule has 0 N–H and O–H groups in total. The van der Waals surface area contributed by atoms with Gasteiger partial charge in [-0.3, -0.25) is 0 Å². The van der Waals surface area contributed by atoms with E-state index in [4.69, 9.17) is 0 Å². The van der Waals surface area contributed by atoms with E-state index in [-0.39, 0.29) is 0 Å². The van der Waals surface area contributed by atoms with Gasteiger partial charge in [0.15, 0.2) is 0 Å². The zero-order valence-corrected chi connectivity index (χ0v) is 22.1. The zero-order valence-electron chi connectivity index (χ0n) is 22.1. The van der Waals surface area contributed by atoms with Crippen LogP contribution in [0.1, 0.15) is 122 Å². The van der Waals surface area contributed by atoms with Crippen molar-refractivity contribution in [3.63, 3.8) is 0 Å². The van der Waals surface area contributed by atoms with Crippen LogP contribution in [0.25, 0.3) is 10.8 Å². The van der Waals surface area contributed by atoms with Crippen molar-refractivity contribution in [3.05, 3.63) is 83.4 Å². The summed E-state index contributed by atoms with van der Waals surface area (Å²) in [5.41, 5.74) is 4.67. The minimum atomic E-state index is 0.742. The molecular weight excluding hydrogens is 384 g/mol. The molecule has 3 aromatic rings. The van der Waals surface area contributed by atoms with Crippen molar-refractivity contribution in [1.29, 1.82) is 0 Å². The van der Waals surface area contributed by atoms with Gasteiger partial charge in [0.2, 0.25) is 0 Å². The van der Waals surface area contributed by atoms with E-state index in [0.29, 0.717) is 0 Å². The second-order valence-corrected chi connectivity index (χ2v) is 8.13. The molecule has 0 heterocycles. The first-order valence-corrected chi connectivity index (χ1v) is 13.3. The van der Waals surface area contributed by atoms with Crippen LogP contribution in [0.5, 0.6) is 0 Å². The quantitative estimate of drug-likeness (QED) is 0.363. The Morgan fingerprint density at radius 1 is 0.625 bits per heavy atom. The van der Waals surface area contributed by atoms with Gasteiger partial charge in [-0.15, -0.1) is 0 Å². The molecule has 1 aliphatic carbocycles. The molecule has 0 saturated carbocycles. The van der Waals surface area contributed by atoms with Gasteiger partial charge in [0.25, 0.3) is 0 Å². The van der Waals surface area contributed by atoms with Gasteiger partial charge in [-0.2, -0.15) is 0 Å². The second-order valence-electron chi connectivity index (χ2n) is 8.13. The summed E-state index contributed by atoms with van der Waals surface area (Å²) in [5.74, 6) is 2.26. The van der Waals surface area contributed by atoms with E-state index in [2.05, 4.69) is 94.4 Å². The third kappa shape index (κ3) is 6.71. The van der Waals surface area contributed by atoms with E-state index < -0.39 is 0 Å². The van der Waals surface area contributed by atoms with Crippen LogP contribution in [0.3, 0.4) is 0 Å². The molecule has 0 aromatic heterocycles. The normalized spacial score (nSPS) is 16.6. The summed E-state index contributed by atoms with van der Waals surface area (Å²) in [7, 11) is 0. The van der Waals surface area contributed by atoms with Crippen LogP contribution in [-0.2, 0) is 0 Å². The van der Waals surface area contributed by atoms with Crippen molar-refractivity contribution in [3.8, 4) is 0 Å². The number of hydrogen-bond donors (Lipinski definition) is 0. The number of rotatable bonds is 6. The van der Waals surface area contributed by atoms with Crippen LogP contribution in [-0.4, -0.2) is 0 Å². The summed E-state index contributed by atoms with van der Waals surface area (Å²) in [6.45, 7) is 17.2. The highest BCUT2D eigenvalue weighted by Crippen LogP contribution is 2.49. The molecule has 3 aromatic carbocycles. The van der Waals surface area contributed by atoms with Crippen LogP contribution < -0.4 is 0 Å². The summed E-state index contributed by atoms with van der Waals surface area (Å²) in [6, 6.07) is 24.4. The minimum Gasteiger partial charge on any atom is -0.0683 e. The largest absolute Gasteiger partial charge is 0.0683 e. The first kappa shape index (κ1) is 28.0. The summed E-state index contributed by atoms with van der Waals surface area (Å²) < 4.78 is 0. The third-order valence-corrected chi connectivity index (χ3v) is 6.53. The molecule has 0 bridgehead atoms. The lowest BCUT2D eigenvalue weighted by Crippen LogP contribution is -2.02. The van der Waals surface area contributed by atoms with E-state index in [9.17, 15) is 0 Å². The maximum Gasteiger partial charge on any atom is -0.00893 e. The number of benzene rings is 3. The Labute approximate surface area is 199 Å². The van der Waals surface area contributed by atoms with E-state index >= 15 is 0 Å². The summed E-state index contributed by atoms with van der Waals surface area (Å²) in [6.07, 6.45) is 6.38. The number of hydrogen-bond acceptors (Lipinski definition) is 0.